The molecule has 0 aliphatic carbocycles. The summed E-state index contributed by atoms with van der Waals surface area (Å²) < 4.78 is 25.0. The van der Waals surface area contributed by atoms with Crippen molar-refractivity contribution in [2.45, 2.75) is 38.7 Å². The van der Waals surface area contributed by atoms with Crippen LogP contribution in [0.15, 0.2) is 0 Å². The molecule has 82 valence electrons. The lowest BCUT2D eigenvalue weighted by atomic mass is 10.2. The summed E-state index contributed by atoms with van der Waals surface area (Å²) in [5.41, 5.74) is 0. The van der Waals surface area contributed by atoms with Gasteiger partial charge >= 0.3 is 7.75 Å². The van der Waals surface area contributed by atoms with Gasteiger partial charge in [0.25, 0.3) is 0 Å². The van der Waals surface area contributed by atoms with Crippen molar-refractivity contribution in [3.8, 4) is 0 Å². The highest BCUT2D eigenvalue weighted by Crippen LogP contribution is 2.56. The van der Waals surface area contributed by atoms with Crippen molar-refractivity contribution in [3.05, 3.63) is 0 Å². The Morgan fingerprint density at radius 3 is 2.64 bits per heavy atom. The number of hydrogen-bond donors (Lipinski definition) is 0. The van der Waals surface area contributed by atoms with Gasteiger partial charge < -0.3 is 0 Å². The summed E-state index contributed by atoms with van der Waals surface area (Å²) in [5, 5.41) is 0. The van der Waals surface area contributed by atoms with E-state index in [0.717, 1.165) is 32.4 Å². The molecule has 4 nitrogen and oxygen atoms in total. The summed E-state index contributed by atoms with van der Waals surface area (Å²) in [6, 6.07) is 0. The first-order chi connectivity index (χ1) is 6.71. The molecule has 0 saturated carbocycles. The average molecular weight is 219 g/mol. The van der Waals surface area contributed by atoms with Crippen molar-refractivity contribution < 1.29 is 13.6 Å². The fourth-order valence-corrected chi connectivity index (χ4v) is 3.94. The highest BCUT2D eigenvalue weighted by molar-refractivity contribution is 7.51. The molecule has 5 heteroatoms. The molecule has 2 fully saturated rings. The van der Waals surface area contributed by atoms with Gasteiger partial charge in [0.1, 0.15) is 0 Å². The van der Waals surface area contributed by atoms with Gasteiger partial charge in [-0.15, -0.1) is 0 Å². The molecular weight excluding hydrogens is 201 g/mol. The highest BCUT2D eigenvalue weighted by Gasteiger charge is 2.38. The number of nitrogens with zero attached hydrogens (tertiary/aromatic N) is 1. The fraction of sp³-hybridized carbons (Fsp3) is 1.00. The SMILES string of the molecule is CC1CCOP(=O)(N2CCCCC2)O1. The summed E-state index contributed by atoms with van der Waals surface area (Å²) in [7, 11) is -2.91. The van der Waals surface area contributed by atoms with E-state index in [0.29, 0.717) is 6.61 Å². The van der Waals surface area contributed by atoms with Crippen LogP contribution in [-0.4, -0.2) is 30.5 Å². The minimum absolute atomic E-state index is 0.0662. The summed E-state index contributed by atoms with van der Waals surface area (Å²) in [6.45, 7) is 4.22. The molecule has 2 rings (SSSR count). The molecule has 0 N–H and O–H groups in total. The lowest BCUT2D eigenvalue weighted by Gasteiger charge is -2.36. The van der Waals surface area contributed by atoms with Gasteiger partial charge in [0, 0.05) is 13.1 Å². The molecule has 0 aromatic carbocycles. The first kappa shape index (κ1) is 10.6. The third kappa shape index (κ3) is 2.19. The van der Waals surface area contributed by atoms with E-state index in [4.69, 9.17) is 9.05 Å². The van der Waals surface area contributed by atoms with Gasteiger partial charge in [-0.3, -0.25) is 9.05 Å². The van der Waals surface area contributed by atoms with Crippen molar-refractivity contribution in [1.29, 1.82) is 0 Å². The molecule has 2 atom stereocenters. The Labute approximate surface area is 85.2 Å². The van der Waals surface area contributed by atoms with Gasteiger partial charge in [-0.25, -0.2) is 9.24 Å². The first-order valence-electron chi connectivity index (χ1n) is 5.39. The van der Waals surface area contributed by atoms with E-state index >= 15 is 0 Å². The molecule has 0 bridgehead atoms. The van der Waals surface area contributed by atoms with Crippen LogP contribution in [0.25, 0.3) is 0 Å². The van der Waals surface area contributed by atoms with Gasteiger partial charge in [0.15, 0.2) is 0 Å². The number of hydrogen-bond acceptors (Lipinski definition) is 3. The van der Waals surface area contributed by atoms with Crippen LogP contribution < -0.4 is 0 Å². The monoisotopic (exact) mass is 219 g/mol. The zero-order valence-corrected chi connectivity index (χ0v) is 9.54. The third-order valence-corrected chi connectivity index (χ3v) is 5.00. The second kappa shape index (κ2) is 4.31. The van der Waals surface area contributed by atoms with E-state index in [1.165, 1.54) is 6.42 Å². The molecule has 0 radical (unpaired) electrons. The van der Waals surface area contributed by atoms with Crippen LogP contribution in [0.1, 0.15) is 32.6 Å². The average Bonchev–Trinajstić information content (AvgIpc) is 2.19. The quantitative estimate of drug-likeness (QED) is 0.635. The lowest BCUT2D eigenvalue weighted by Crippen LogP contribution is -2.32. The molecule has 2 aliphatic heterocycles. The summed E-state index contributed by atoms with van der Waals surface area (Å²) >= 11 is 0. The molecule has 2 heterocycles. The Bertz CT molecular complexity index is 240. The van der Waals surface area contributed by atoms with Crippen LogP contribution in [0, 0.1) is 0 Å². The van der Waals surface area contributed by atoms with Crippen LogP contribution in [0.2, 0.25) is 0 Å². The zero-order chi connectivity index (χ0) is 10.0. The lowest BCUT2D eigenvalue weighted by molar-refractivity contribution is 0.0602. The zero-order valence-electron chi connectivity index (χ0n) is 8.65. The Morgan fingerprint density at radius 2 is 2.00 bits per heavy atom. The minimum atomic E-state index is -2.91. The number of piperidine rings is 1. The molecule has 14 heavy (non-hydrogen) atoms. The Kier molecular flexibility index (Phi) is 3.27. The minimum Gasteiger partial charge on any atom is -0.297 e. The van der Waals surface area contributed by atoms with E-state index in [1.54, 1.807) is 0 Å². The number of rotatable bonds is 1. The van der Waals surface area contributed by atoms with Crippen LogP contribution in [0.4, 0.5) is 0 Å². The topological polar surface area (TPSA) is 38.8 Å². The van der Waals surface area contributed by atoms with Crippen molar-refractivity contribution in [2.75, 3.05) is 19.7 Å². The van der Waals surface area contributed by atoms with E-state index < -0.39 is 7.75 Å². The standard InChI is InChI=1S/C9H18NO3P/c1-9-5-8-12-14(11,13-9)10-6-3-2-4-7-10/h9H,2-8H2,1H3. The van der Waals surface area contributed by atoms with E-state index in [9.17, 15) is 4.57 Å². The molecule has 2 saturated heterocycles. The normalized spacial score (nSPS) is 41.1. The van der Waals surface area contributed by atoms with Gasteiger partial charge in [0.05, 0.1) is 12.7 Å². The molecule has 0 aromatic heterocycles. The second-order valence-electron chi connectivity index (χ2n) is 4.02. The smallest absolute Gasteiger partial charge is 0.297 e. The second-order valence-corrected chi connectivity index (χ2v) is 5.99. The van der Waals surface area contributed by atoms with Crippen molar-refractivity contribution in [2.24, 2.45) is 0 Å². The predicted molar refractivity (Wildman–Crippen MR) is 54.1 cm³/mol. The largest absolute Gasteiger partial charge is 0.408 e. The van der Waals surface area contributed by atoms with Crippen LogP contribution in [0.5, 0.6) is 0 Å². The van der Waals surface area contributed by atoms with E-state index in [-0.39, 0.29) is 6.10 Å². The highest BCUT2D eigenvalue weighted by atomic mass is 31.2. The van der Waals surface area contributed by atoms with Crippen LogP contribution in [-0.2, 0) is 13.6 Å². The Morgan fingerprint density at radius 1 is 1.29 bits per heavy atom. The predicted octanol–water partition coefficient (Wildman–Crippen LogP) is 2.41. The van der Waals surface area contributed by atoms with E-state index in [1.807, 2.05) is 11.6 Å². The van der Waals surface area contributed by atoms with Crippen molar-refractivity contribution >= 4 is 7.75 Å². The Hall–Kier alpha value is 0.110. The third-order valence-electron chi connectivity index (χ3n) is 2.77. The van der Waals surface area contributed by atoms with Crippen molar-refractivity contribution in [3.63, 3.8) is 0 Å². The molecule has 0 spiro atoms. The first-order valence-corrected chi connectivity index (χ1v) is 6.89. The van der Waals surface area contributed by atoms with Gasteiger partial charge in [-0.1, -0.05) is 6.42 Å². The molecular formula is C9H18NO3P. The maximum absolute atomic E-state index is 12.3. The molecule has 0 aromatic rings. The summed E-state index contributed by atoms with van der Waals surface area (Å²) in [4.78, 5) is 0. The fourth-order valence-electron chi connectivity index (χ4n) is 1.92. The van der Waals surface area contributed by atoms with Crippen LogP contribution >= 0.6 is 7.75 Å². The molecule has 0 amide bonds. The maximum Gasteiger partial charge on any atom is 0.408 e. The van der Waals surface area contributed by atoms with Gasteiger partial charge in [-0.2, -0.15) is 0 Å². The molecule has 2 aliphatic rings. The van der Waals surface area contributed by atoms with Gasteiger partial charge in [0.2, 0.25) is 0 Å². The summed E-state index contributed by atoms with van der Waals surface area (Å²) in [5.74, 6) is 0. The molecule has 2 unspecified atom stereocenters. The van der Waals surface area contributed by atoms with Crippen molar-refractivity contribution in [1.82, 2.24) is 4.67 Å². The Balaban J connectivity index is 2.02. The van der Waals surface area contributed by atoms with Crippen LogP contribution in [0.3, 0.4) is 0 Å². The van der Waals surface area contributed by atoms with E-state index in [2.05, 4.69) is 0 Å². The maximum atomic E-state index is 12.3. The van der Waals surface area contributed by atoms with Gasteiger partial charge in [-0.05, 0) is 26.2 Å². The summed E-state index contributed by atoms with van der Waals surface area (Å²) in [6.07, 6.45) is 4.34.